The highest BCUT2D eigenvalue weighted by molar-refractivity contribution is 9.10. The second-order valence-corrected chi connectivity index (χ2v) is 5.90. The van der Waals surface area contributed by atoms with Crippen LogP contribution in [0.4, 0.5) is 0 Å². The van der Waals surface area contributed by atoms with Crippen molar-refractivity contribution in [3.05, 3.63) is 40.4 Å². The van der Waals surface area contributed by atoms with E-state index in [4.69, 9.17) is 5.11 Å². The molecule has 0 radical (unpaired) electrons. The van der Waals surface area contributed by atoms with Crippen molar-refractivity contribution in [2.75, 3.05) is 0 Å². The summed E-state index contributed by atoms with van der Waals surface area (Å²) in [6.07, 6.45) is 5.57. The smallest absolute Gasteiger partial charge is 0.305 e. The van der Waals surface area contributed by atoms with Crippen molar-refractivity contribution in [3.63, 3.8) is 0 Å². The molecule has 1 aromatic carbocycles. The molecule has 0 bridgehead atoms. The maximum Gasteiger partial charge on any atom is 0.305 e. The predicted molar refractivity (Wildman–Crippen MR) is 80.2 cm³/mol. The predicted octanol–water partition coefficient (Wildman–Crippen LogP) is 2.98. The molecule has 1 fully saturated rings. The van der Waals surface area contributed by atoms with Gasteiger partial charge in [-0.1, -0.05) is 34.1 Å². The number of aliphatic carboxylic acids is 1. The molecule has 1 aromatic rings. The minimum Gasteiger partial charge on any atom is -0.481 e. The first-order valence-electron chi connectivity index (χ1n) is 6.47. The van der Waals surface area contributed by atoms with Crippen molar-refractivity contribution >= 4 is 33.9 Å². The van der Waals surface area contributed by atoms with Gasteiger partial charge < -0.3 is 10.4 Å². The van der Waals surface area contributed by atoms with Gasteiger partial charge in [-0.05, 0) is 37.0 Å². The monoisotopic (exact) mass is 337 g/mol. The van der Waals surface area contributed by atoms with Gasteiger partial charge >= 0.3 is 5.97 Å². The lowest BCUT2D eigenvalue weighted by Crippen LogP contribution is -2.54. The van der Waals surface area contributed by atoms with Gasteiger partial charge in [-0.15, -0.1) is 0 Å². The summed E-state index contributed by atoms with van der Waals surface area (Å²) in [5, 5.41) is 11.7. The third-order valence-electron chi connectivity index (χ3n) is 3.51. The number of carbonyl (C=O) groups is 2. The molecular formula is C15H16BrNO3. The summed E-state index contributed by atoms with van der Waals surface area (Å²) in [5.41, 5.74) is 0.352. The molecule has 0 spiro atoms. The number of amides is 1. The van der Waals surface area contributed by atoms with Crippen LogP contribution in [0.5, 0.6) is 0 Å². The van der Waals surface area contributed by atoms with Crippen LogP contribution >= 0.6 is 15.9 Å². The van der Waals surface area contributed by atoms with Crippen molar-refractivity contribution in [2.45, 2.75) is 31.2 Å². The Morgan fingerprint density at radius 2 is 2.05 bits per heavy atom. The number of carboxylic acids is 1. The number of benzene rings is 1. The zero-order chi connectivity index (χ0) is 14.6. The lowest BCUT2D eigenvalue weighted by atomic mass is 9.74. The molecule has 0 saturated heterocycles. The van der Waals surface area contributed by atoms with Gasteiger partial charge in [-0.25, -0.2) is 0 Å². The zero-order valence-electron chi connectivity index (χ0n) is 10.9. The number of hydrogen-bond donors (Lipinski definition) is 2. The normalized spacial score (nSPS) is 16.6. The van der Waals surface area contributed by atoms with E-state index in [2.05, 4.69) is 21.2 Å². The van der Waals surface area contributed by atoms with Crippen molar-refractivity contribution < 1.29 is 14.7 Å². The van der Waals surface area contributed by atoms with Crippen LogP contribution in [0, 0.1) is 0 Å². The quantitative estimate of drug-likeness (QED) is 0.811. The van der Waals surface area contributed by atoms with Gasteiger partial charge in [0.15, 0.2) is 0 Å². The third-order valence-corrected chi connectivity index (χ3v) is 4.23. The fourth-order valence-electron chi connectivity index (χ4n) is 2.32. The first-order chi connectivity index (χ1) is 9.51. The van der Waals surface area contributed by atoms with Gasteiger partial charge in [-0.3, -0.25) is 9.59 Å². The van der Waals surface area contributed by atoms with Gasteiger partial charge in [0.2, 0.25) is 5.91 Å². The Labute approximate surface area is 126 Å². The first kappa shape index (κ1) is 14.8. The van der Waals surface area contributed by atoms with E-state index in [9.17, 15) is 9.59 Å². The van der Waals surface area contributed by atoms with Crippen LogP contribution in [-0.2, 0) is 9.59 Å². The molecule has 1 aliphatic rings. The Morgan fingerprint density at radius 3 is 2.60 bits per heavy atom. The van der Waals surface area contributed by atoms with Crippen LogP contribution < -0.4 is 5.32 Å². The Bertz CT molecular complexity index is 550. The number of rotatable bonds is 5. The molecule has 5 heteroatoms. The highest BCUT2D eigenvalue weighted by atomic mass is 79.9. The van der Waals surface area contributed by atoms with Crippen LogP contribution in [0.2, 0.25) is 0 Å². The zero-order valence-corrected chi connectivity index (χ0v) is 12.5. The van der Waals surface area contributed by atoms with Crippen molar-refractivity contribution in [3.8, 4) is 0 Å². The Hall–Kier alpha value is -1.62. The van der Waals surface area contributed by atoms with Crippen LogP contribution in [0.25, 0.3) is 6.08 Å². The molecule has 2 rings (SSSR count). The Balaban J connectivity index is 1.98. The van der Waals surface area contributed by atoms with E-state index in [0.717, 1.165) is 29.3 Å². The number of carboxylic acid groups (broad SMARTS) is 1. The van der Waals surface area contributed by atoms with Crippen molar-refractivity contribution in [1.82, 2.24) is 5.32 Å². The van der Waals surface area contributed by atoms with E-state index in [1.165, 1.54) is 6.08 Å². The molecule has 4 nitrogen and oxygen atoms in total. The molecule has 1 aliphatic carbocycles. The molecule has 0 unspecified atom stereocenters. The first-order valence-corrected chi connectivity index (χ1v) is 7.27. The van der Waals surface area contributed by atoms with E-state index in [0.29, 0.717) is 0 Å². The minimum absolute atomic E-state index is 0.0123. The summed E-state index contributed by atoms with van der Waals surface area (Å²) in [5.74, 6) is -1.12. The SMILES string of the molecule is O=C(O)CC1(NC(=O)C=Cc2ccccc2Br)CCC1. The van der Waals surface area contributed by atoms with Crippen molar-refractivity contribution in [1.29, 1.82) is 0 Å². The van der Waals surface area contributed by atoms with Crippen LogP contribution in [0.15, 0.2) is 34.8 Å². The summed E-state index contributed by atoms with van der Waals surface area (Å²) < 4.78 is 0.910. The van der Waals surface area contributed by atoms with E-state index in [-0.39, 0.29) is 12.3 Å². The summed E-state index contributed by atoms with van der Waals surface area (Å²) >= 11 is 3.40. The third kappa shape index (κ3) is 3.70. The van der Waals surface area contributed by atoms with E-state index >= 15 is 0 Å². The summed E-state index contributed by atoms with van der Waals surface area (Å²) in [6, 6.07) is 7.58. The van der Waals surface area contributed by atoms with Crippen molar-refractivity contribution in [2.24, 2.45) is 0 Å². The minimum atomic E-state index is -0.875. The molecule has 0 heterocycles. The number of nitrogens with one attached hydrogen (secondary N) is 1. The fraction of sp³-hybridized carbons (Fsp3) is 0.333. The molecule has 1 amide bonds. The Kier molecular flexibility index (Phi) is 4.60. The largest absolute Gasteiger partial charge is 0.481 e. The van der Waals surface area contributed by atoms with Crippen LogP contribution in [0.1, 0.15) is 31.2 Å². The molecule has 0 aromatic heterocycles. The van der Waals surface area contributed by atoms with Crippen LogP contribution in [0.3, 0.4) is 0 Å². The average Bonchev–Trinajstić information content (AvgIpc) is 2.34. The highest BCUT2D eigenvalue weighted by Gasteiger charge is 2.39. The maximum atomic E-state index is 11.9. The maximum absolute atomic E-state index is 11.9. The fourth-order valence-corrected chi connectivity index (χ4v) is 2.73. The van der Waals surface area contributed by atoms with Gasteiger partial charge in [0.05, 0.1) is 12.0 Å². The topological polar surface area (TPSA) is 66.4 Å². The van der Waals surface area contributed by atoms with Gasteiger partial charge in [0.25, 0.3) is 0 Å². The molecular weight excluding hydrogens is 322 g/mol. The molecule has 2 N–H and O–H groups in total. The van der Waals surface area contributed by atoms with Crippen LogP contribution in [-0.4, -0.2) is 22.5 Å². The highest BCUT2D eigenvalue weighted by Crippen LogP contribution is 2.34. The number of hydrogen-bond acceptors (Lipinski definition) is 2. The molecule has 20 heavy (non-hydrogen) atoms. The van der Waals surface area contributed by atoms with Gasteiger partial charge in [-0.2, -0.15) is 0 Å². The Morgan fingerprint density at radius 1 is 1.35 bits per heavy atom. The summed E-state index contributed by atoms with van der Waals surface area (Å²) in [6.45, 7) is 0. The standard InChI is InChI=1S/C15H16BrNO3/c16-12-5-2-1-4-11(12)6-7-13(18)17-15(8-3-9-15)10-14(19)20/h1-2,4-7H,3,8-10H2,(H,17,18)(H,19,20). The van der Waals surface area contributed by atoms with E-state index in [1.54, 1.807) is 6.08 Å². The lowest BCUT2D eigenvalue weighted by molar-refractivity contribution is -0.140. The lowest BCUT2D eigenvalue weighted by Gasteiger charge is -2.41. The van der Waals surface area contributed by atoms with E-state index in [1.807, 2.05) is 24.3 Å². The summed E-state index contributed by atoms with van der Waals surface area (Å²) in [7, 11) is 0. The molecule has 0 atom stereocenters. The van der Waals surface area contributed by atoms with Gasteiger partial charge in [0.1, 0.15) is 0 Å². The second kappa shape index (κ2) is 6.22. The average molecular weight is 338 g/mol. The van der Waals surface area contributed by atoms with E-state index < -0.39 is 11.5 Å². The summed E-state index contributed by atoms with van der Waals surface area (Å²) in [4.78, 5) is 22.7. The second-order valence-electron chi connectivity index (χ2n) is 5.05. The number of halogens is 1. The molecule has 1 saturated carbocycles. The molecule has 106 valence electrons. The van der Waals surface area contributed by atoms with Gasteiger partial charge in [0, 0.05) is 10.5 Å². The molecule has 0 aliphatic heterocycles. The number of carbonyl (C=O) groups excluding carboxylic acids is 1.